The van der Waals surface area contributed by atoms with Gasteiger partial charge in [-0.2, -0.15) is 0 Å². The number of nitrogen functional groups attached to an aromatic ring is 1. The molecule has 20 heavy (non-hydrogen) atoms. The van der Waals surface area contributed by atoms with Crippen molar-refractivity contribution in [2.75, 3.05) is 12.8 Å². The van der Waals surface area contributed by atoms with E-state index >= 15 is 0 Å². The third-order valence-electron chi connectivity index (χ3n) is 2.94. The Labute approximate surface area is 125 Å². The summed E-state index contributed by atoms with van der Waals surface area (Å²) in [5.74, 6) is 1.77. The van der Waals surface area contributed by atoms with Crippen molar-refractivity contribution < 1.29 is 4.74 Å². The van der Waals surface area contributed by atoms with Crippen LogP contribution in [0, 0.1) is 0 Å². The van der Waals surface area contributed by atoms with E-state index in [4.69, 9.17) is 10.5 Å². The molecule has 0 unspecified atom stereocenters. The Kier molecular flexibility index (Phi) is 3.80. The van der Waals surface area contributed by atoms with Gasteiger partial charge in [0.15, 0.2) is 4.34 Å². The number of fused-ring (bicyclic) bond motifs is 1. The molecule has 2 aromatic carbocycles. The first-order valence-corrected chi connectivity index (χ1v) is 7.97. The lowest BCUT2D eigenvalue weighted by atomic mass is 10.2. The van der Waals surface area contributed by atoms with Crippen LogP contribution in [-0.2, 0) is 5.75 Å². The molecule has 0 bridgehead atoms. The lowest BCUT2D eigenvalue weighted by molar-refractivity contribution is 0.411. The fraction of sp³-hybridized carbons (Fsp3) is 0.133. The second kappa shape index (κ2) is 5.73. The van der Waals surface area contributed by atoms with Crippen molar-refractivity contribution in [1.82, 2.24) is 4.98 Å². The number of hydrogen-bond donors (Lipinski definition) is 1. The standard InChI is InChI=1S/C15H14N2OS2/c1-18-13-5-3-2-4-10(13)9-19-15-17-12-7-6-11(16)8-14(12)20-15/h2-8H,9,16H2,1H3. The summed E-state index contributed by atoms with van der Waals surface area (Å²) in [4.78, 5) is 4.61. The molecule has 2 N–H and O–H groups in total. The molecule has 0 aliphatic heterocycles. The topological polar surface area (TPSA) is 48.1 Å². The first kappa shape index (κ1) is 13.3. The molecular weight excluding hydrogens is 288 g/mol. The maximum absolute atomic E-state index is 5.79. The van der Waals surface area contributed by atoms with E-state index in [1.807, 2.05) is 36.4 Å². The molecule has 0 spiro atoms. The molecule has 5 heteroatoms. The summed E-state index contributed by atoms with van der Waals surface area (Å²) in [5, 5.41) is 0. The van der Waals surface area contributed by atoms with Crippen LogP contribution in [0.2, 0.25) is 0 Å². The molecular formula is C15H14N2OS2. The Balaban J connectivity index is 1.79. The number of anilines is 1. The zero-order valence-corrected chi connectivity index (χ0v) is 12.6. The Hall–Kier alpha value is -1.72. The molecule has 0 amide bonds. The Morgan fingerprint density at radius 1 is 1.25 bits per heavy atom. The number of methoxy groups -OCH3 is 1. The minimum atomic E-state index is 0.780. The van der Waals surface area contributed by atoms with Gasteiger partial charge in [0.05, 0.1) is 17.3 Å². The largest absolute Gasteiger partial charge is 0.496 e. The molecule has 3 nitrogen and oxygen atoms in total. The number of benzene rings is 2. The van der Waals surface area contributed by atoms with E-state index in [2.05, 4.69) is 11.1 Å². The van der Waals surface area contributed by atoms with Crippen LogP contribution in [0.4, 0.5) is 5.69 Å². The molecule has 1 heterocycles. The molecule has 3 rings (SSSR count). The van der Waals surface area contributed by atoms with Gasteiger partial charge in [-0.3, -0.25) is 0 Å². The Bertz CT molecular complexity index is 740. The maximum Gasteiger partial charge on any atom is 0.151 e. The minimum absolute atomic E-state index is 0.780. The predicted molar refractivity (Wildman–Crippen MR) is 86.6 cm³/mol. The van der Waals surface area contributed by atoms with Crippen LogP contribution in [0.3, 0.4) is 0 Å². The lowest BCUT2D eigenvalue weighted by Crippen LogP contribution is -1.89. The van der Waals surface area contributed by atoms with E-state index < -0.39 is 0 Å². The first-order valence-electron chi connectivity index (χ1n) is 6.17. The highest BCUT2D eigenvalue weighted by molar-refractivity contribution is 8.00. The van der Waals surface area contributed by atoms with Crippen LogP contribution >= 0.6 is 23.1 Å². The number of nitrogens with two attached hydrogens (primary N) is 1. The molecule has 0 saturated carbocycles. The van der Waals surface area contributed by atoms with Crippen molar-refractivity contribution in [3.05, 3.63) is 48.0 Å². The van der Waals surface area contributed by atoms with Crippen molar-refractivity contribution in [3.8, 4) is 5.75 Å². The fourth-order valence-electron chi connectivity index (χ4n) is 1.94. The Morgan fingerprint density at radius 2 is 2.10 bits per heavy atom. The van der Waals surface area contributed by atoms with E-state index in [-0.39, 0.29) is 0 Å². The van der Waals surface area contributed by atoms with Gasteiger partial charge in [0.25, 0.3) is 0 Å². The summed E-state index contributed by atoms with van der Waals surface area (Å²) >= 11 is 3.40. The second-order valence-electron chi connectivity index (χ2n) is 4.31. The quantitative estimate of drug-likeness (QED) is 0.580. The van der Waals surface area contributed by atoms with Crippen LogP contribution in [0.5, 0.6) is 5.75 Å². The third kappa shape index (κ3) is 2.73. The van der Waals surface area contributed by atoms with Gasteiger partial charge in [0.1, 0.15) is 5.75 Å². The maximum atomic E-state index is 5.79. The SMILES string of the molecule is COc1ccccc1CSc1nc2ccc(N)cc2s1. The third-order valence-corrected chi connectivity index (χ3v) is 5.15. The molecule has 1 aromatic heterocycles. The first-order chi connectivity index (χ1) is 9.76. The molecule has 0 atom stereocenters. The van der Waals surface area contributed by atoms with Crippen molar-refractivity contribution >= 4 is 39.0 Å². The minimum Gasteiger partial charge on any atom is -0.496 e. The van der Waals surface area contributed by atoms with Gasteiger partial charge in [-0.05, 0) is 24.3 Å². The molecule has 3 aromatic rings. The van der Waals surface area contributed by atoms with Crippen LogP contribution in [0.1, 0.15) is 5.56 Å². The summed E-state index contributed by atoms with van der Waals surface area (Å²) in [6, 6.07) is 13.9. The smallest absolute Gasteiger partial charge is 0.151 e. The Morgan fingerprint density at radius 3 is 2.95 bits per heavy atom. The molecule has 0 aliphatic carbocycles. The van der Waals surface area contributed by atoms with Gasteiger partial charge in [0, 0.05) is 17.0 Å². The molecule has 0 radical (unpaired) electrons. The monoisotopic (exact) mass is 302 g/mol. The van der Waals surface area contributed by atoms with E-state index in [1.54, 1.807) is 30.2 Å². The summed E-state index contributed by atoms with van der Waals surface area (Å²) < 4.78 is 7.55. The number of para-hydroxylation sites is 1. The van der Waals surface area contributed by atoms with Crippen LogP contribution in [-0.4, -0.2) is 12.1 Å². The summed E-state index contributed by atoms with van der Waals surface area (Å²) in [5.41, 5.74) is 8.76. The zero-order chi connectivity index (χ0) is 13.9. The summed E-state index contributed by atoms with van der Waals surface area (Å²) in [7, 11) is 1.70. The van der Waals surface area contributed by atoms with Gasteiger partial charge in [-0.15, -0.1) is 11.3 Å². The molecule has 0 saturated heterocycles. The number of thiazole rings is 1. The average Bonchev–Trinajstić information content (AvgIpc) is 2.87. The summed E-state index contributed by atoms with van der Waals surface area (Å²) in [6.07, 6.45) is 0. The highest BCUT2D eigenvalue weighted by Gasteiger charge is 2.07. The summed E-state index contributed by atoms with van der Waals surface area (Å²) in [6.45, 7) is 0. The van der Waals surface area contributed by atoms with Crippen molar-refractivity contribution in [3.63, 3.8) is 0 Å². The van der Waals surface area contributed by atoms with E-state index in [0.717, 1.165) is 31.7 Å². The van der Waals surface area contributed by atoms with Gasteiger partial charge in [-0.25, -0.2) is 4.98 Å². The van der Waals surface area contributed by atoms with Crippen LogP contribution in [0.15, 0.2) is 46.8 Å². The van der Waals surface area contributed by atoms with Gasteiger partial charge >= 0.3 is 0 Å². The number of thioether (sulfide) groups is 1. The van der Waals surface area contributed by atoms with Crippen molar-refractivity contribution in [2.24, 2.45) is 0 Å². The molecule has 102 valence electrons. The predicted octanol–water partition coefficient (Wildman–Crippen LogP) is 4.18. The highest BCUT2D eigenvalue weighted by Crippen LogP contribution is 2.34. The van der Waals surface area contributed by atoms with E-state index in [0.29, 0.717) is 0 Å². The zero-order valence-electron chi connectivity index (χ0n) is 11.0. The molecule has 0 fully saturated rings. The van der Waals surface area contributed by atoms with Gasteiger partial charge in [-0.1, -0.05) is 30.0 Å². The van der Waals surface area contributed by atoms with Gasteiger partial charge in [0.2, 0.25) is 0 Å². The number of ether oxygens (including phenoxy) is 1. The van der Waals surface area contributed by atoms with E-state index in [1.165, 1.54) is 5.56 Å². The highest BCUT2D eigenvalue weighted by atomic mass is 32.2. The number of rotatable bonds is 4. The van der Waals surface area contributed by atoms with Crippen molar-refractivity contribution in [2.45, 2.75) is 10.1 Å². The fourth-order valence-corrected chi connectivity index (χ4v) is 4.05. The number of aromatic nitrogens is 1. The average molecular weight is 302 g/mol. The van der Waals surface area contributed by atoms with Crippen LogP contribution < -0.4 is 10.5 Å². The van der Waals surface area contributed by atoms with Crippen molar-refractivity contribution in [1.29, 1.82) is 0 Å². The normalized spacial score (nSPS) is 10.8. The lowest BCUT2D eigenvalue weighted by Gasteiger charge is -2.06. The number of nitrogens with zero attached hydrogens (tertiary/aromatic N) is 1. The van der Waals surface area contributed by atoms with E-state index in [9.17, 15) is 0 Å². The molecule has 0 aliphatic rings. The van der Waals surface area contributed by atoms with Crippen LogP contribution in [0.25, 0.3) is 10.2 Å². The number of hydrogen-bond acceptors (Lipinski definition) is 5. The van der Waals surface area contributed by atoms with Gasteiger partial charge < -0.3 is 10.5 Å². The second-order valence-corrected chi connectivity index (χ2v) is 6.56.